The molecule has 0 saturated carbocycles. The second-order valence-corrected chi connectivity index (χ2v) is 7.71. The standard InChI is InChI=1S/C19H17BrClN3O3/c1-11(16(25)22-13-9-7-12(20)8-10-13)24-17(26)19(2,23-18(24)27)14-5-3-4-6-15(14)21/h3-11H,1-2H3,(H,22,25)(H,23,27). The molecule has 0 radical (unpaired) electrons. The summed E-state index contributed by atoms with van der Waals surface area (Å²) in [6, 6.07) is 12.2. The van der Waals surface area contributed by atoms with E-state index < -0.39 is 29.4 Å². The minimum atomic E-state index is -1.33. The maximum atomic E-state index is 13.0. The minimum absolute atomic E-state index is 0.363. The number of anilines is 1. The third-order valence-electron chi connectivity index (χ3n) is 4.51. The van der Waals surface area contributed by atoms with Crippen molar-refractivity contribution in [1.82, 2.24) is 10.2 Å². The van der Waals surface area contributed by atoms with Gasteiger partial charge in [-0.15, -0.1) is 0 Å². The van der Waals surface area contributed by atoms with Gasteiger partial charge >= 0.3 is 6.03 Å². The number of amides is 4. The third kappa shape index (κ3) is 3.57. The van der Waals surface area contributed by atoms with Crippen molar-refractivity contribution in [3.63, 3.8) is 0 Å². The van der Waals surface area contributed by atoms with Crippen LogP contribution >= 0.6 is 27.5 Å². The lowest BCUT2D eigenvalue weighted by Gasteiger charge is -2.25. The van der Waals surface area contributed by atoms with Crippen molar-refractivity contribution in [3.05, 3.63) is 63.6 Å². The number of nitrogens with zero attached hydrogens (tertiary/aromatic N) is 1. The van der Waals surface area contributed by atoms with Crippen molar-refractivity contribution in [3.8, 4) is 0 Å². The molecule has 2 aromatic rings. The van der Waals surface area contributed by atoms with E-state index >= 15 is 0 Å². The molecule has 6 nitrogen and oxygen atoms in total. The Kier molecular flexibility index (Phi) is 5.26. The summed E-state index contributed by atoms with van der Waals surface area (Å²) in [5, 5.41) is 5.73. The van der Waals surface area contributed by atoms with Crippen LogP contribution in [0.1, 0.15) is 19.4 Å². The first-order valence-electron chi connectivity index (χ1n) is 8.21. The lowest BCUT2D eigenvalue weighted by atomic mass is 9.91. The van der Waals surface area contributed by atoms with Gasteiger partial charge in [-0.2, -0.15) is 0 Å². The highest BCUT2D eigenvalue weighted by Gasteiger charge is 2.52. The topological polar surface area (TPSA) is 78.5 Å². The Morgan fingerprint density at radius 1 is 1.19 bits per heavy atom. The number of nitrogens with one attached hydrogen (secondary N) is 2. The first-order valence-corrected chi connectivity index (χ1v) is 9.38. The first-order chi connectivity index (χ1) is 12.7. The SMILES string of the molecule is CC(C(=O)Nc1ccc(Br)cc1)N1C(=O)NC(C)(c2ccccc2Cl)C1=O. The summed E-state index contributed by atoms with van der Waals surface area (Å²) >= 11 is 9.53. The van der Waals surface area contributed by atoms with Gasteiger partial charge in [0.1, 0.15) is 11.6 Å². The molecule has 0 aliphatic carbocycles. The van der Waals surface area contributed by atoms with E-state index in [2.05, 4.69) is 26.6 Å². The number of hydrogen-bond acceptors (Lipinski definition) is 3. The van der Waals surface area contributed by atoms with Crippen molar-refractivity contribution in [2.24, 2.45) is 0 Å². The zero-order chi connectivity index (χ0) is 19.8. The number of imide groups is 1. The first kappa shape index (κ1) is 19.4. The second-order valence-electron chi connectivity index (χ2n) is 6.38. The van der Waals surface area contributed by atoms with Gasteiger partial charge in [-0.3, -0.25) is 9.59 Å². The van der Waals surface area contributed by atoms with Gasteiger partial charge in [0.15, 0.2) is 0 Å². The van der Waals surface area contributed by atoms with Crippen LogP contribution in [-0.2, 0) is 15.1 Å². The number of carbonyl (C=O) groups excluding carboxylic acids is 3. The molecule has 0 spiro atoms. The van der Waals surface area contributed by atoms with Crippen LogP contribution in [0.5, 0.6) is 0 Å². The van der Waals surface area contributed by atoms with Crippen LogP contribution in [0.25, 0.3) is 0 Å². The maximum Gasteiger partial charge on any atom is 0.326 e. The highest BCUT2D eigenvalue weighted by molar-refractivity contribution is 9.10. The Morgan fingerprint density at radius 2 is 1.81 bits per heavy atom. The Labute approximate surface area is 170 Å². The van der Waals surface area contributed by atoms with E-state index in [1.807, 2.05) is 0 Å². The summed E-state index contributed by atoms with van der Waals surface area (Å²) in [6.07, 6.45) is 0. The summed E-state index contributed by atoms with van der Waals surface area (Å²) in [4.78, 5) is 39.0. The normalized spacial score (nSPS) is 20.4. The number of urea groups is 1. The molecule has 2 aromatic carbocycles. The smallest absolute Gasteiger partial charge is 0.324 e. The lowest BCUT2D eigenvalue weighted by Crippen LogP contribution is -2.47. The van der Waals surface area contributed by atoms with Crippen molar-refractivity contribution in [2.45, 2.75) is 25.4 Å². The Hall–Kier alpha value is -2.38. The molecule has 2 atom stereocenters. The number of benzene rings is 2. The third-order valence-corrected chi connectivity index (χ3v) is 5.37. The van der Waals surface area contributed by atoms with Gasteiger partial charge in [-0.1, -0.05) is 45.7 Å². The molecular formula is C19H17BrClN3O3. The van der Waals surface area contributed by atoms with Gasteiger partial charge in [0.05, 0.1) is 0 Å². The maximum absolute atomic E-state index is 13.0. The van der Waals surface area contributed by atoms with Gasteiger partial charge < -0.3 is 10.6 Å². The van der Waals surface area contributed by atoms with Crippen molar-refractivity contribution in [2.75, 3.05) is 5.32 Å². The van der Waals surface area contributed by atoms with Crippen LogP contribution in [0.2, 0.25) is 5.02 Å². The molecule has 1 fully saturated rings. The molecule has 3 rings (SSSR count). The molecule has 1 aliphatic heterocycles. The van der Waals surface area contributed by atoms with Gasteiger partial charge in [0.25, 0.3) is 5.91 Å². The van der Waals surface area contributed by atoms with E-state index in [4.69, 9.17) is 11.6 Å². The summed E-state index contributed by atoms with van der Waals surface area (Å²) in [6.45, 7) is 3.08. The summed E-state index contributed by atoms with van der Waals surface area (Å²) < 4.78 is 0.873. The Balaban J connectivity index is 1.83. The zero-order valence-corrected chi connectivity index (χ0v) is 17.0. The van der Waals surface area contributed by atoms with Crippen LogP contribution in [0.3, 0.4) is 0 Å². The molecule has 8 heteroatoms. The highest BCUT2D eigenvalue weighted by Crippen LogP contribution is 2.34. The fourth-order valence-electron chi connectivity index (χ4n) is 2.96. The van der Waals surface area contributed by atoms with E-state index in [1.165, 1.54) is 6.92 Å². The molecule has 0 aromatic heterocycles. The molecule has 2 N–H and O–H groups in total. The molecule has 0 bridgehead atoms. The average molecular weight is 451 g/mol. The number of rotatable bonds is 4. The van der Waals surface area contributed by atoms with Crippen LogP contribution in [0.15, 0.2) is 53.0 Å². The van der Waals surface area contributed by atoms with Crippen LogP contribution in [-0.4, -0.2) is 28.8 Å². The molecule has 4 amide bonds. The van der Waals surface area contributed by atoms with E-state index in [1.54, 1.807) is 55.5 Å². The number of hydrogen-bond donors (Lipinski definition) is 2. The Bertz CT molecular complexity index is 919. The average Bonchev–Trinajstić information content (AvgIpc) is 2.86. The second kappa shape index (κ2) is 7.32. The summed E-state index contributed by atoms with van der Waals surface area (Å²) in [5.41, 5.74) is -0.286. The zero-order valence-electron chi connectivity index (χ0n) is 14.6. The molecule has 1 saturated heterocycles. The fourth-order valence-corrected chi connectivity index (χ4v) is 3.55. The predicted octanol–water partition coefficient (Wildman–Crippen LogP) is 3.90. The van der Waals surface area contributed by atoms with Crippen molar-refractivity contribution < 1.29 is 14.4 Å². The van der Waals surface area contributed by atoms with E-state index in [0.717, 1.165) is 9.37 Å². The van der Waals surface area contributed by atoms with E-state index in [-0.39, 0.29) is 0 Å². The molecular weight excluding hydrogens is 434 g/mol. The van der Waals surface area contributed by atoms with Crippen molar-refractivity contribution >= 4 is 51.1 Å². The van der Waals surface area contributed by atoms with Crippen LogP contribution < -0.4 is 10.6 Å². The summed E-state index contributed by atoms with van der Waals surface area (Å²) in [5.74, 6) is -0.997. The molecule has 1 heterocycles. The quantitative estimate of drug-likeness (QED) is 0.694. The van der Waals surface area contributed by atoms with Gasteiger partial charge in [0, 0.05) is 20.7 Å². The minimum Gasteiger partial charge on any atom is -0.324 e. The Morgan fingerprint density at radius 3 is 2.44 bits per heavy atom. The lowest BCUT2D eigenvalue weighted by molar-refractivity contribution is -0.136. The van der Waals surface area contributed by atoms with Crippen LogP contribution in [0.4, 0.5) is 10.5 Å². The molecule has 2 unspecified atom stereocenters. The predicted molar refractivity (Wildman–Crippen MR) is 106 cm³/mol. The van der Waals surface area contributed by atoms with Crippen molar-refractivity contribution in [1.29, 1.82) is 0 Å². The monoisotopic (exact) mass is 449 g/mol. The van der Waals surface area contributed by atoms with Crippen LogP contribution in [0, 0.1) is 0 Å². The van der Waals surface area contributed by atoms with Gasteiger partial charge in [-0.25, -0.2) is 9.69 Å². The summed E-state index contributed by atoms with van der Waals surface area (Å²) in [7, 11) is 0. The molecule has 1 aliphatic rings. The molecule has 27 heavy (non-hydrogen) atoms. The van der Waals surface area contributed by atoms with Gasteiger partial charge in [0.2, 0.25) is 5.91 Å². The fraction of sp³-hybridized carbons (Fsp3) is 0.211. The highest BCUT2D eigenvalue weighted by atomic mass is 79.9. The van der Waals surface area contributed by atoms with E-state index in [9.17, 15) is 14.4 Å². The van der Waals surface area contributed by atoms with E-state index in [0.29, 0.717) is 16.3 Å². The number of carbonyl (C=O) groups is 3. The molecule has 140 valence electrons. The largest absolute Gasteiger partial charge is 0.326 e. The number of halogens is 2. The van der Waals surface area contributed by atoms with Gasteiger partial charge in [-0.05, 0) is 44.2 Å².